The van der Waals surface area contributed by atoms with Crippen LogP contribution in [0.5, 0.6) is 0 Å². The first-order valence-corrected chi connectivity index (χ1v) is 1.51. The average molecular weight is 99.1 g/mol. The van der Waals surface area contributed by atoms with Gasteiger partial charge in [-0.25, -0.2) is 4.79 Å². The Labute approximate surface area is 39.7 Å². The van der Waals surface area contributed by atoms with Gasteiger partial charge in [0, 0.05) is 0 Å². The number of hydrogen-bond donors (Lipinski definition) is 1. The highest BCUT2D eigenvalue weighted by atomic mass is 16.4. The maximum atomic E-state index is 9.50. The predicted molar refractivity (Wildman–Crippen MR) is 21.9 cm³/mol. The van der Waals surface area contributed by atoms with Gasteiger partial charge in [0.15, 0.2) is 4.98 Å². The maximum absolute atomic E-state index is 9.50. The van der Waals surface area contributed by atoms with Crippen LogP contribution in [0.25, 0.3) is 4.98 Å². The van der Waals surface area contributed by atoms with Crippen molar-refractivity contribution >= 4 is 5.97 Å². The van der Waals surface area contributed by atoms with Gasteiger partial charge in [-0.15, -0.1) is 0 Å². The van der Waals surface area contributed by atoms with E-state index in [0.29, 0.717) is 0 Å². The van der Waals surface area contributed by atoms with Gasteiger partial charge in [-0.2, -0.15) is 0 Å². The second-order valence-electron chi connectivity index (χ2n) is 0.769. The quantitative estimate of drug-likeness (QED) is 0.383. The number of nitrogens with zero attached hydrogens (tertiary/aromatic N) is 2. The van der Waals surface area contributed by atoms with E-state index in [1.165, 1.54) is 0 Å². The Kier molecular flexibility index (Phi) is 2.29. The van der Waals surface area contributed by atoms with E-state index in [0.717, 1.165) is 12.3 Å². The second kappa shape index (κ2) is 2.85. The molecule has 0 bridgehead atoms. The summed E-state index contributed by atoms with van der Waals surface area (Å²) in [6.45, 7) is 0. The number of rotatable bonds is 1. The Bertz CT molecular complexity index is 132. The molecule has 0 unspecified atom stereocenters. The summed E-state index contributed by atoms with van der Waals surface area (Å²) in [5, 5.41) is 15.4. The van der Waals surface area contributed by atoms with E-state index in [4.69, 9.17) is 10.5 Å². The molecule has 4 heteroatoms. The van der Waals surface area contributed by atoms with Crippen molar-refractivity contribution < 1.29 is 9.90 Å². The fourth-order valence-corrected chi connectivity index (χ4v) is 0.0971. The Morgan fingerprint density at radius 2 is 2.43 bits per heavy atom. The zero-order valence-corrected chi connectivity index (χ0v) is 3.40. The summed E-state index contributed by atoms with van der Waals surface area (Å²) in [7, 11) is 0. The molecule has 0 aliphatic heterocycles. The first-order valence-electron chi connectivity index (χ1n) is 1.51. The summed E-state index contributed by atoms with van der Waals surface area (Å²) in [6, 6.07) is 0. The van der Waals surface area contributed by atoms with Gasteiger partial charge >= 0.3 is 12.2 Å². The smallest absolute Gasteiger partial charge is 0.357 e. The monoisotopic (exact) mass is 99.0 g/mol. The Morgan fingerprint density at radius 1 is 1.86 bits per heavy atom. The van der Waals surface area contributed by atoms with Gasteiger partial charge in [0.2, 0.25) is 5.39 Å². The van der Waals surface area contributed by atoms with Crippen LogP contribution in [0.15, 0.2) is 12.3 Å². The minimum atomic E-state index is -1.13. The molecule has 0 aromatic rings. The molecule has 0 fully saturated rings. The molecule has 0 saturated heterocycles. The lowest BCUT2D eigenvalue weighted by Gasteiger charge is -1.63. The van der Waals surface area contributed by atoms with Gasteiger partial charge in [-0.05, 0) is 0 Å². The van der Waals surface area contributed by atoms with Crippen molar-refractivity contribution in [3.8, 4) is 0 Å². The number of hydrogen-bond acceptors (Lipinski definition) is 2. The van der Waals surface area contributed by atoms with Gasteiger partial charge in [-0.1, -0.05) is 0 Å². The van der Waals surface area contributed by atoms with Crippen LogP contribution in [0.4, 0.5) is 0 Å². The highest BCUT2D eigenvalue weighted by Gasteiger charge is 1.87. The van der Waals surface area contributed by atoms with E-state index in [1.54, 1.807) is 0 Å². The number of carboxylic acids is 1. The summed E-state index contributed by atoms with van der Waals surface area (Å²) in [5.41, 5.74) is 0. The fraction of sp³-hybridized carbons (Fsp3) is 0. The van der Waals surface area contributed by atoms with Crippen LogP contribution in [0.2, 0.25) is 0 Å². The van der Waals surface area contributed by atoms with E-state index in [1.807, 2.05) is 0 Å². The molecule has 0 radical (unpaired) electrons. The molecule has 36 valence electrons. The van der Waals surface area contributed by atoms with Crippen LogP contribution in [0.1, 0.15) is 0 Å². The lowest BCUT2D eigenvalue weighted by Crippen LogP contribution is -1.83. The van der Waals surface area contributed by atoms with Crippen LogP contribution in [0, 0.1) is 5.39 Å². The van der Waals surface area contributed by atoms with Crippen molar-refractivity contribution in [2.75, 3.05) is 0 Å². The van der Waals surface area contributed by atoms with Crippen LogP contribution >= 0.6 is 0 Å². The minimum Gasteiger partial charge on any atom is -0.478 e. The van der Waals surface area contributed by atoms with Crippen molar-refractivity contribution in [3.63, 3.8) is 0 Å². The minimum absolute atomic E-state index is 0.722. The zero-order chi connectivity index (χ0) is 5.70. The van der Waals surface area contributed by atoms with Gasteiger partial charge in [0.1, 0.15) is 6.08 Å². The summed E-state index contributed by atoms with van der Waals surface area (Å²) in [6.07, 6.45) is 1.50. The summed E-state index contributed by atoms with van der Waals surface area (Å²) >= 11 is 0. The molecule has 0 saturated carbocycles. The zero-order valence-electron chi connectivity index (χ0n) is 3.40. The number of carboxylic acid groups (broad SMARTS) is 1. The molecule has 0 aromatic heterocycles. The Balaban J connectivity index is 3.53. The van der Waals surface area contributed by atoms with Crippen molar-refractivity contribution in [1.29, 1.82) is 5.39 Å². The molecule has 0 amide bonds. The molecular weight excluding hydrogens is 96.0 g/mol. The topological polar surface area (TPSA) is 65.5 Å². The normalized spacial score (nSPS) is 8.43. The molecule has 0 aliphatic rings. The lowest BCUT2D eigenvalue weighted by molar-refractivity contribution is -0.131. The summed E-state index contributed by atoms with van der Waals surface area (Å²) in [4.78, 5) is 11.9. The lowest BCUT2D eigenvalue weighted by atomic mass is 10.6. The van der Waals surface area contributed by atoms with Gasteiger partial charge in [-0.3, -0.25) is 0 Å². The molecule has 0 heterocycles. The predicted octanol–water partition coefficient (Wildman–Crippen LogP) is 0.438. The summed E-state index contributed by atoms with van der Waals surface area (Å²) < 4.78 is 0. The van der Waals surface area contributed by atoms with Crippen molar-refractivity contribution in [2.45, 2.75) is 0 Å². The van der Waals surface area contributed by atoms with Crippen LogP contribution in [-0.4, -0.2) is 11.1 Å². The van der Waals surface area contributed by atoms with Gasteiger partial charge in [0.25, 0.3) is 0 Å². The number of carbonyl (C=O) groups is 1. The van der Waals surface area contributed by atoms with Crippen LogP contribution in [0.3, 0.4) is 0 Å². The first-order chi connectivity index (χ1) is 3.27. The third-order valence-electron chi connectivity index (χ3n) is 0.284. The largest absolute Gasteiger partial charge is 0.478 e. The van der Waals surface area contributed by atoms with E-state index in [2.05, 4.69) is 4.98 Å². The first kappa shape index (κ1) is 5.63. The van der Waals surface area contributed by atoms with Crippen LogP contribution < -0.4 is 0 Å². The second-order valence-corrected chi connectivity index (χ2v) is 0.769. The molecule has 0 spiro atoms. The Morgan fingerprint density at radius 3 is 2.57 bits per heavy atom. The fourth-order valence-electron chi connectivity index (χ4n) is 0.0971. The Hall–Kier alpha value is -1.37. The van der Waals surface area contributed by atoms with E-state index in [-0.39, 0.29) is 0 Å². The van der Waals surface area contributed by atoms with E-state index >= 15 is 0 Å². The van der Waals surface area contributed by atoms with Crippen molar-refractivity contribution in [1.82, 2.24) is 0 Å². The van der Waals surface area contributed by atoms with E-state index < -0.39 is 5.97 Å². The average Bonchev–Trinajstić information content (AvgIpc) is 1.61. The SMILES string of the molecule is N#[N+]/C=C\C(=O)O. The molecule has 0 aromatic carbocycles. The molecule has 4 nitrogen and oxygen atoms in total. The van der Waals surface area contributed by atoms with Crippen molar-refractivity contribution in [3.05, 3.63) is 17.3 Å². The summed E-state index contributed by atoms with van der Waals surface area (Å²) in [5.74, 6) is -1.13. The molecule has 7 heavy (non-hydrogen) atoms. The van der Waals surface area contributed by atoms with E-state index in [9.17, 15) is 4.79 Å². The maximum Gasteiger partial charge on any atom is 0.357 e. The van der Waals surface area contributed by atoms with Gasteiger partial charge in [0.05, 0.1) is 0 Å². The molecule has 1 N–H and O–H groups in total. The third kappa shape index (κ3) is 4.63. The third-order valence-corrected chi connectivity index (χ3v) is 0.284. The molecule has 0 aliphatic carbocycles. The van der Waals surface area contributed by atoms with Crippen LogP contribution in [-0.2, 0) is 4.79 Å². The standard InChI is InChI=1S/C3H2N2O2/c4-5-2-1-3(6)7/h1-2H/p+1/b2-1-. The molecule has 0 rings (SSSR count). The van der Waals surface area contributed by atoms with Gasteiger partial charge < -0.3 is 5.11 Å². The highest BCUT2D eigenvalue weighted by molar-refractivity contribution is 5.79. The van der Waals surface area contributed by atoms with Crippen molar-refractivity contribution in [2.24, 2.45) is 0 Å². The molecular formula is C3H3N2O2+. The highest BCUT2D eigenvalue weighted by Crippen LogP contribution is 1.70. The number of diazo groups is 1. The molecule has 0 atom stereocenters. The number of aliphatic carboxylic acids is 1.